The number of oxime groups is 1. The monoisotopic (exact) mass is 466 g/mol. The highest BCUT2D eigenvalue weighted by atomic mass is 16.6. The maximum absolute atomic E-state index is 13.3. The summed E-state index contributed by atoms with van der Waals surface area (Å²) in [6.07, 6.45) is 2.00. The Balaban J connectivity index is 1.67. The van der Waals surface area contributed by atoms with Crippen LogP contribution in [0.2, 0.25) is 0 Å². The first-order valence-corrected chi connectivity index (χ1v) is 11.8. The van der Waals surface area contributed by atoms with Crippen LogP contribution in [-0.4, -0.2) is 61.5 Å². The number of methoxy groups -OCH3 is 1. The molecule has 0 unspecified atom stereocenters. The number of nitrogens with zero attached hydrogens (tertiary/aromatic N) is 2. The molecule has 0 bridgehead atoms. The van der Waals surface area contributed by atoms with Gasteiger partial charge in [-0.25, -0.2) is 0 Å². The Hall–Kier alpha value is -2.98. The van der Waals surface area contributed by atoms with Gasteiger partial charge < -0.3 is 14.5 Å². The maximum Gasteiger partial charge on any atom is 0.271 e. The van der Waals surface area contributed by atoms with Crippen LogP contribution >= 0.6 is 0 Å². The first-order valence-electron chi connectivity index (χ1n) is 11.8. The van der Waals surface area contributed by atoms with Crippen molar-refractivity contribution in [2.24, 2.45) is 10.6 Å². The number of carbonyl (C=O) groups is 3. The second-order valence-electron chi connectivity index (χ2n) is 9.41. The van der Waals surface area contributed by atoms with E-state index in [9.17, 15) is 14.4 Å². The average molecular weight is 467 g/mol. The Labute approximate surface area is 201 Å². The molecule has 3 rings (SSSR count). The second-order valence-corrected chi connectivity index (χ2v) is 9.41. The topological polar surface area (TPSA) is 85.3 Å². The van der Waals surface area contributed by atoms with Crippen LogP contribution in [0.1, 0.15) is 67.7 Å². The van der Waals surface area contributed by atoms with E-state index in [1.807, 2.05) is 26.0 Å². The third-order valence-corrected chi connectivity index (χ3v) is 6.90. The van der Waals surface area contributed by atoms with Crippen molar-refractivity contribution < 1.29 is 24.0 Å². The summed E-state index contributed by atoms with van der Waals surface area (Å²) in [4.78, 5) is 46.1. The van der Waals surface area contributed by atoms with E-state index < -0.39 is 5.92 Å². The van der Waals surface area contributed by atoms with Crippen molar-refractivity contribution >= 4 is 23.2 Å². The molecule has 1 aliphatic heterocycles. The predicted molar refractivity (Wildman–Crippen MR) is 130 cm³/mol. The van der Waals surface area contributed by atoms with E-state index in [2.05, 4.69) is 17.0 Å². The Morgan fingerprint density at radius 2 is 1.71 bits per heavy atom. The van der Waals surface area contributed by atoms with E-state index in [0.717, 1.165) is 22.3 Å². The van der Waals surface area contributed by atoms with Gasteiger partial charge in [-0.15, -0.1) is 5.92 Å². The zero-order valence-corrected chi connectivity index (χ0v) is 20.8. The molecule has 7 nitrogen and oxygen atoms in total. The molecule has 1 spiro atoms. The third kappa shape index (κ3) is 5.56. The fourth-order valence-corrected chi connectivity index (χ4v) is 5.22. The molecular formula is C27H34N2O5. The minimum atomic E-state index is -0.701. The van der Waals surface area contributed by atoms with Gasteiger partial charge in [0, 0.05) is 38.6 Å². The molecule has 1 saturated carbocycles. The number of amides is 1. The van der Waals surface area contributed by atoms with Crippen molar-refractivity contribution in [3.8, 4) is 11.8 Å². The molecule has 0 radical (unpaired) electrons. The van der Waals surface area contributed by atoms with Gasteiger partial charge in [0.15, 0.2) is 0 Å². The summed E-state index contributed by atoms with van der Waals surface area (Å²) >= 11 is 0. The van der Waals surface area contributed by atoms with Gasteiger partial charge in [0.2, 0.25) is 0 Å². The lowest BCUT2D eigenvalue weighted by molar-refractivity contribution is -0.139. The zero-order valence-electron chi connectivity index (χ0n) is 20.8. The molecule has 7 heteroatoms. The van der Waals surface area contributed by atoms with Crippen LogP contribution < -0.4 is 0 Å². The van der Waals surface area contributed by atoms with Gasteiger partial charge >= 0.3 is 0 Å². The normalized spacial score (nSPS) is 18.6. The minimum absolute atomic E-state index is 0.0131. The van der Waals surface area contributed by atoms with Crippen LogP contribution in [-0.2, 0) is 24.0 Å². The van der Waals surface area contributed by atoms with Gasteiger partial charge in [0.25, 0.3) is 5.91 Å². The Kier molecular flexibility index (Phi) is 8.27. The smallest absolute Gasteiger partial charge is 0.271 e. The average Bonchev–Trinajstić information content (AvgIpc) is 2.78. The van der Waals surface area contributed by atoms with Gasteiger partial charge in [-0.1, -0.05) is 11.1 Å². The van der Waals surface area contributed by atoms with E-state index >= 15 is 0 Å². The number of hydrogen-bond acceptors (Lipinski definition) is 6. The number of likely N-dealkylation sites (tertiary alicyclic amines) is 1. The molecule has 1 aromatic rings. The molecule has 1 saturated heterocycles. The highest BCUT2D eigenvalue weighted by molar-refractivity contribution is 6.37. The number of ketones is 2. The summed E-state index contributed by atoms with van der Waals surface area (Å²) in [5.74, 6) is 5.04. The van der Waals surface area contributed by atoms with E-state index in [1.54, 1.807) is 25.9 Å². The molecule has 0 aromatic heterocycles. The van der Waals surface area contributed by atoms with Crippen molar-refractivity contribution in [1.82, 2.24) is 4.90 Å². The zero-order chi connectivity index (χ0) is 24.9. The number of benzene rings is 1. The predicted octanol–water partition coefficient (Wildman–Crippen LogP) is 3.34. The molecule has 0 N–H and O–H groups in total. The van der Waals surface area contributed by atoms with Crippen molar-refractivity contribution in [2.45, 2.75) is 59.3 Å². The van der Waals surface area contributed by atoms with Crippen LogP contribution in [0.4, 0.5) is 0 Å². The van der Waals surface area contributed by atoms with Gasteiger partial charge in [-0.05, 0) is 74.8 Å². The number of hydrogen-bond donors (Lipinski definition) is 0. The number of aryl methyl sites for hydroxylation is 2. The van der Waals surface area contributed by atoms with Crippen molar-refractivity contribution in [2.75, 3.05) is 33.4 Å². The SMILES string of the molecule is CC#Cc1cc(C)c(C2C(=O)CC3(CCN(C(=O)C(C)=NOCCOC)CC3)CC2=O)c(C)c1. The molecule has 2 fully saturated rings. The summed E-state index contributed by atoms with van der Waals surface area (Å²) in [6, 6.07) is 3.91. The van der Waals surface area contributed by atoms with Crippen LogP contribution in [0.5, 0.6) is 0 Å². The Bertz CT molecular complexity index is 1010. The van der Waals surface area contributed by atoms with Crippen LogP contribution in [0.25, 0.3) is 0 Å². The summed E-state index contributed by atoms with van der Waals surface area (Å²) in [5, 5.41) is 3.87. The van der Waals surface area contributed by atoms with E-state index in [1.165, 1.54) is 0 Å². The second kappa shape index (κ2) is 11.0. The molecule has 34 heavy (non-hydrogen) atoms. The summed E-state index contributed by atoms with van der Waals surface area (Å²) in [7, 11) is 1.57. The summed E-state index contributed by atoms with van der Waals surface area (Å²) in [6.45, 7) is 8.98. The fraction of sp³-hybridized carbons (Fsp3) is 0.556. The molecule has 1 amide bonds. The lowest BCUT2D eigenvalue weighted by atomic mass is 9.62. The van der Waals surface area contributed by atoms with Gasteiger partial charge in [0.1, 0.15) is 29.8 Å². The van der Waals surface area contributed by atoms with Gasteiger partial charge in [0.05, 0.1) is 6.61 Å². The van der Waals surface area contributed by atoms with Crippen molar-refractivity contribution in [1.29, 1.82) is 0 Å². The number of carbonyl (C=O) groups excluding carboxylic acids is 3. The van der Waals surface area contributed by atoms with E-state index in [-0.39, 0.29) is 35.2 Å². The first kappa shape index (κ1) is 25.6. The lowest BCUT2D eigenvalue weighted by Crippen LogP contribution is -2.49. The molecular weight excluding hydrogens is 432 g/mol. The van der Waals surface area contributed by atoms with Crippen molar-refractivity contribution in [3.05, 3.63) is 34.4 Å². The lowest BCUT2D eigenvalue weighted by Gasteiger charge is -2.44. The van der Waals surface area contributed by atoms with E-state index in [0.29, 0.717) is 45.4 Å². The van der Waals surface area contributed by atoms with Crippen LogP contribution in [0, 0.1) is 31.1 Å². The van der Waals surface area contributed by atoms with Crippen LogP contribution in [0.15, 0.2) is 17.3 Å². The molecule has 182 valence electrons. The number of Topliss-reactive ketones (excluding diaryl/α,β-unsaturated/α-hetero) is 2. The standard InChI is InChI=1S/C27H34N2O5/c1-6-7-21-14-18(2)24(19(3)15-21)25-22(30)16-27(17-23(25)31)8-10-29(11-9-27)26(32)20(4)28-34-13-12-33-5/h14-15,25H,8-13,16-17H2,1-5H3. The van der Waals surface area contributed by atoms with Crippen molar-refractivity contribution in [3.63, 3.8) is 0 Å². The molecule has 1 aromatic carbocycles. The maximum atomic E-state index is 13.3. The third-order valence-electron chi connectivity index (χ3n) is 6.90. The Morgan fingerprint density at radius 3 is 2.24 bits per heavy atom. The quantitative estimate of drug-likeness (QED) is 0.211. The molecule has 1 heterocycles. The minimum Gasteiger partial charge on any atom is -0.393 e. The number of rotatable bonds is 6. The summed E-state index contributed by atoms with van der Waals surface area (Å²) < 4.78 is 4.90. The first-order chi connectivity index (χ1) is 16.2. The largest absolute Gasteiger partial charge is 0.393 e. The Morgan fingerprint density at radius 1 is 1.12 bits per heavy atom. The fourth-order valence-electron chi connectivity index (χ4n) is 5.22. The van der Waals surface area contributed by atoms with Crippen LogP contribution in [0.3, 0.4) is 0 Å². The van der Waals surface area contributed by atoms with E-state index in [4.69, 9.17) is 9.57 Å². The number of ether oxygens (including phenoxy) is 1. The molecule has 0 atom stereocenters. The summed E-state index contributed by atoms with van der Waals surface area (Å²) in [5.41, 5.74) is 3.51. The highest BCUT2D eigenvalue weighted by Gasteiger charge is 2.47. The molecule has 1 aliphatic carbocycles. The van der Waals surface area contributed by atoms with Gasteiger partial charge in [-0.2, -0.15) is 0 Å². The van der Waals surface area contributed by atoms with Gasteiger partial charge in [-0.3, -0.25) is 14.4 Å². The highest BCUT2D eigenvalue weighted by Crippen LogP contribution is 2.46. The number of piperidine rings is 1. The molecule has 2 aliphatic rings.